The Bertz CT molecular complexity index is 1290. The number of imidazole rings is 1. The fraction of sp³-hybridized carbons (Fsp3) is 0.355. The van der Waals surface area contributed by atoms with Crippen LogP contribution in [0.4, 0.5) is 0 Å². The Morgan fingerprint density at radius 3 is 2.46 bits per heavy atom. The maximum Gasteiger partial charge on any atom is 0.224 e. The van der Waals surface area contributed by atoms with Gasteiger partial charge in [-0.05, 0) is 74.1 Å². The van der Waals surface area contributed by atoms with Gasteiger partial charge in [0.1, 0.15) is 11.6 Å². The number of ether oxygens (including phenoxy) is 1. The van der Waals surface area contributed by atoms with E-state index in [9.17, 15) is 4.79 Å². The second kappa shape index (κ2) is 13.3. The smallest absolute Gasteiger partial charge is 0.224 e. The molecule has 4 rings (SSSR count). The Morgan fingerprint density at radius 2 is 1.68 bits per heavy atom. The second-order valence-electron chi connectivity index (χ2n) is 9.56. The molecule has 0 fully saturated rings. The summed E-state index contributed by atoms with van der Waals surface area (Å²) in [4.78, 5) is 17.0. The Hall–Kier alpha value is -3.31. The van der Waals surface area contributed by atoms with Crippen molar-refractivity contribution in [2.75, 3.05) is 13.2 Å². The molecule has 5 nitrogen and oxygen atoms in total. The van der Waals surface area contributed by atoms with Gasteiger partial charge in [-0.1, -0.05) is 60.5 Å². The normalized spacial score (nSPS) is 11.1. The first-order valence-corrected chi connectivity index (χ1v) is 13.5. The fourth-order valence-corrected chi connectivity index (χ4v) is 4.73. The summed E-state index contributed by atoms with van der Waals surface area (Å²) >= 11 is 6.28. The highest BCUT2D eigenvalue weighted by molar-refractivity contribution is 6.32. The number of benzene rings is 3. The molecule has 4 aromatic rings. The maximum absolute atomic E-state index is 12.1. The SMILES string of the molecule is Cc1cc(OCCCn2c(CCCCCNC(=O)Cc3ccccc3)nc3ccccc32)cc(C)c1Cl. The lowest BCUT2D eigenvalue weighted by Crippen LogP contribution is -2.26. The number of rotatable bonds is 13. The standard InChI is InChI=1S/C31H36ClN3O2/c1-23-20-26(21-24(2)31(23)32)37-19-11-18-35-28-15-9-8-14-27(28)34-29(35)16-7-4-10-17-33-30(36)22-25-12-5-3-6-13-25/h3,5-6,8-9,12-15,20-21H,4,7,10-11,16-19,22H2,1-2H3,(H,33,36). The quantitative estimate of drug-likeness (QED) is 0.197. The highest BCUT2D eigenvalue weighted by Crippen LogP contribution is 2.26. The number of para-hydroxylation sites is 2. The molecule has 37 heavy (non-hydrogen) atoms. The van der Waals surface area contributed by atoms with Crippen LogP contribution >= 0.6 is 11.6 Å². The molecule has 0 saturated heterocycles. The summed E-state index contributed by atoms with van der Waals surface area (Å²) in [5.74, 6) is 2.07. The van der Waals surface area contributed by atoms with Gasteiger partial charge in [0.2, 0.25) is 5.91 Å². The van der Waals surface area contributed by atoms with Gasteiger partial charge >= 0.3 is 0 Å². The minimum absolute atomic E-state index is 0.0825. The van der Waals surface area contributed by atoms with Gasteiger partial charge in [-0.3, -0.25) is 4.79 Å². The molecule has 0 atom stereocenters. The van der Waals surface area contributed by atoms with Crippen molar-refractivity contribution in [3.63, 3.8) is 0 Å². The van der Waals surface area contributed by atoms with Gasteiger partial charge in [-0.15, -0.1) is 0 Å². The molecule has 0 saturated carbocycles. The van der Waals surface area contributed by atoms with E-state index in [1.54, 1.807) is 0 Å². The first-order chi connectivity index (χ1) is 18.0. The van der Waals surface area contributed by atoms with Crippen molar-refractivity contribution in [3.8, 4) is 5.75 Å². The molecule has 0 aliphatic heterocycles. The largest absolute Gasteiger partial charge is 0.494 e. The first-order valence-electron chi connectivity index (χ1n) is 13.2. The van der Waals surface area contributed by atoms with Gasteiger partial charge in [-0.25, -0.2) is 4.98 Å². The molecule has 6 heteroatoms. The number of fused-ring (bicyclic) bond motifs is 1. The summed E-state index contributed by atoms with van der Waals surface area (Å²) in [5.41, 5.74) is 5.33. The van der Waals surface area contributed by atoms with Gasteiger partial charge in [0.25, 0.3) is 0 Å². The number of aryl methyl sites for hydroxylation is 4. The molecule has 3 aromatic carbocycles. The Balaban J connectivity index is 1.23. The van der Waals surface area contributed by atoms with E-state index < -0.39 is 0 Å². The zero-order valence-corrected chi connectivity index (χ0v) is 22.6. The van der Waals surface area contributed by atoms with E-state index in [4.69, 9.17) is 21.3 Å². The van der Waals surface area contributed by atoms with Crippen LogP contribution in [0.2, 0.25) is 5.02 Å². The van der Waals surface area contributed by atoms with Crippen LogP contribution in [-0.4, -0.2) is 28.6 Å². The Morgan fingerprint density at radius 1 is 0.946 bits per heavy atom. The summed E-state index contributed by atoms with van der Waals surface area (Å²) in [7, 11) is 0. The Labute approximate surface area is 224 Å². The van der Waals surface area contributed by atoms with Crippen LogP contribution in [-0.2, 0) is 24.2 Å². The number of carbonyl (C=O) groups excluding carboxylic acids is 1. The number of amides is 1. The zero-order chi connectivity index (χ0) is 26.0. The van der Waals surface area contributed by atoms with E-state index in [1.165, 1.54) is 5.52 Å². The van der Waals surface area contributed by atoms with Gasteiger partial charge in [0.05, 0.1) is 24.1 Å². The number of hydrogen-bond acceptors (Lipinski definition) is 3. The van der Waals surface area contributed by atoms with Crippen molar-refractivity contribution in [2.24, 2.45) is 0 Å². The lowest BCUT2D eigenvalue weighted by molar-refractivity contribution is -0.120. The average molecular weight is 518 g/mol. The van der Waals surface area contributed by atoms with E-state index >= 15 is 0 Å². The third-order valence-electron chi connectivity index (χ3n) is 6.55. The first kappa shape index (κ1) is 26.7. The third-order valence-corrected chi connectivity index (χ3v) is 7.14. The average Bonchev–Trinajstić information content (AvgIpc) is 3.25. The van der Waals surface area contributed by atoms with Crippen LogP contribution in [0.15, 0.2) is 66.7 Å². The third kappa shape index (κ3) is 7.59. The predicted octanol–water partition coefficient (Wildman–Crippen LogP) is 6.85. The molecule has 0 spiro atoms. The maximum atomic E-state index is 12.1. The van der Waals surface area contributed by atoms with E-state index in [2.05, 4.69) is 28.1 Å². The number of halogens is 1. The molecule has 1 aromatic heterocycles. The molecule has 1 amide bonds. The molecule has 0 aliphatic rings. The zero-order valence-electron chi connectivity index (χ0n) is 21.8. The van der Waals surface area contributed by atoms with E-state index in [-0.39, 0.29) is 5.91 Å². The lowest BCUT2D eigenvalue weighted by Gasteiger charge is -2.12. The predicted molar refractivity (Wildman–Crippen MR) is 151 cm³/mol. The summed E-state index contributed by atoms with van der Waals surface area (Å²) in [5, 5.41) is 3.84. The molecule has 194 valence electrons. The van der Waals surface area contributed by atoms with Crippen LogP contribution in [0.25, 0.3) is 11.0 Å². The second-order valence-corrected chi connectivity index (χ2v) is 9.94. The van der Waals surface area contributed by atoms with Gasteiger partial charge < -0.3 is 14.6 Å². The summed E-state index contributed by atoms with van der Waals surface area (Å²) < 4.78 is 8.36. The number of hydrogen-bond donors (Lipinski definition) is 1. The number of aromatic nitrogens is 2. The van der Waals surface area contributed by atoms with Crippen molar-refractivity contribution >= 4 is 28.5 Å². The highest BCUT2D eigenvalue weighted by atomic mass is 35.5. The molecule has 0 bridgehead atoms. The van der Waals surface area contributed by atoms with Crippen LogP contribution < -0.4 is 10.1 Å². The fourth-order valence-electron chi connectivity index (χ4n) is 4.62. The summed E-state index contributed by atoms with van der Waals surface area (Å²) in [6.07, 6.45) is 5.30. The van der Waals surface area contributed by atoms with Crippen molar-refractivity contribution in [2.45, 2.75) is 58.9 Å². The number of carbonyl (C=O) groups is 1. The van der Waals surface area contributed by atoms with Crippen molar-refractivity contribution < 1.29 is 9.53 Å². The molecular formula is C31H36ClN3O2. The molecule has 1 N–H and O–H groups in total. The molecular weight excluding hydrogens is 482 g/mol. The molecule has 1 heterocycles. The van der Waals surface area contributed by atoms with Crippen LogP contribution in [0, 0.1) is 13.8 Å². The van der Waals surface area contributed by atoms with E-state index in [0.29, 0.717) is 19.6 Å². The van der Waals surface area contributed by atoms with Gasteiger partial charge in [0, 0.05) is 24.5 Å². The number of nitrogens with one attached hydrogen (secondary N) is 1. The minimum Gasteiger partial charge on any atom is -0.494 e. The molecule has 0 radical (unpaired) electrons. The van der Waals surface area contributed by atoms with E-state index in [0.717, 1.165) is 77.5 Å². The van der Waals surface area contributed by atoms with Crippen molar-refractivity contribution in [1.29, 1.82) is 0 Å². The van der Waals surface area contributed by atoms with Crippen molar-refractivity contribution in [3.05, 3.63) is 94.3 Å². The van der Waals surface area contributed by atoms with Gasteiger partial charge in [0.15, 0.2) is 0 Å². The Kier molecular flexibility index (Phi) is 9.61. The van der Waals surface area contributed by atoms with Crippen LogP contribution in [0.5, 0.6) is 5.75 Å². The number of nitrogens with zero attached hydrogens (tertiary/aromatic N) is 2. The number of unbranched alkanes of at least 4 members (excludes halogenated alkanes) is 2. The van der Waals surface area contributed by atoms with Crippen LogP contribution in [0.1, 0.15) is 48.2 Å². The van der Waals surface area contributed by atoms with E-state index in [1.807, 2.05) is 62.4 Å². The molecule has 0 unspecified atom stereocenters. The summed E-state index contributed by atoms with van der Waals surface area (Å²) in [6, 6.07) is 22.2. The van der Waals surface area contributed by atoms with Crippen LogP contribution in [0.3, 0.4) is 0 Å². The topological polar surface area (TPSA) is 56.1 Å². The summed E-state index contributed by atoms with van der Waals surface area (Å²) in [6.45, 7) is 6.21. The lowest BCUT2D eigenvalue weighted by atomic mass is 10.1. The minimum atomic E-state index is 0.0825. The monoisotopic (exact) mass is 517 g/mol. The molecule has 0 aliphatic carbocycles. The highest BCUT2D eigenvalue weighted by Gasteiger charge is 2.11. The van der Waals surface area contributed by atoms with Gasteiger partial charge in [-0.2, -0.15) is 0 Å². The van der Waals surface area contributed by atoms with Crippen molar-refractivity contribution in [1.82, 2.24) is 14.9 Å².